The fourth-order valence-electron chi connectivity index (χ4n) is 4.28. The second-order valence-corrected chi connectivity index (χ2v) is 7.74. The van der Waals surface area contributed by atoms with Crippen LogP contribution < -0.4 is 4.90 Å². The van der Waals surface area contributed by atoms with Gasteiger partial charge in [0.15, 0.2) is 0 Å². The van der Waals surface area contributed by atoms with Crippen molar-refractivity contribution in [2.24, 2.45) is 5.41 Å². The molecule has 0 unspecified atom stereocenters. The summed E-state index contributed by atoms with van der Waals surface area (Å²) in [4.78, 5) is 25.5. The summed E-state index contributed by atoms with van der Waals surface area (Å²) in [5.74, 6) is 1.33. The lowest BCUT2D eigenvalue weighted by atomic mass is 9.72. The third kappa shape index (κ3) is 3.57. The molecule has 0 radical (unpaired) electrons. The number of anilines is 1. The Hall–Kier alpha value is -2.43. The highest BCUT2D eigenvalue weighted by molar-refractivity contribution is 5.77. The minimum absolute atomic E-state index is 0.265. The molecule has 136 valence electrons. The number of aryl methyl sites for hydroxylation is 1. The zero-order valence-electron chi connectivity index (χ0n) is 15.4. The number of carbonyl (C=O) groups is 1. The lowest BCUT2D eigenvalue weighted by Gasteiger charge is -2.47. The number of nitrogens with zero attached hydrogens (tertiary/aromatic N) is 4. The average molecular weight is 350 g/mol. The van der Waals surface area contributed by atoms with Crippen LogP contribution in [0.2, 0.25) is 0 Å². The molecule has 5 nitrogen and oxygen atoms in total. The van der Waals surface area contributed by atoms with Crippen molar-refractivity contribution in [1.29, 1.82) is 0 Å². The van der Waals surface area contributed by atoms with Crippen molar-refractivity contribution in [1.82, 2.24) is 14.9 Å². The van der Waals surface area contributed by atoms with E-state index in [-0.39, 0.29) is 5.41 Å². The summed E-state index contributed by atoms with van der Waals surface area (Å²) in [5.41, 5.74) is 2.49. The van der Waals surface area contributed by atoms with E-state index in [9.17, 15) is 4.79 Å². The van der Waals surface area contributed by atoms with Crippen molar-refractivity contribution in [2.45, 2.75) is 39.2 Å². The molecule has 5 heteroatoms. The molecule has 2 aromatic rings. The average Bonchev–Trinajstić information content (AvgIpc) is 2.66. The monoisotopic (exact) mass is 350 g/mol. The first kappa shape index (κ1) is 17.0. The number of carbonyl (C=O) groups excluding carboxylic acids is 1. The zero-order valence-corrected chi connectivity index (χ0v) is 15.4. The largest absolute Gasteiger partial charge is 0.356 e. The Kier molecular flexibility index (Phi) is 4.62. The molecule has 0 bridgehead atoms. The molecular weight excluding hydrogens is 324 g/mol. The first-order valence-electron chi connectivity index (χ1n) is 9.49. The quantitative estimate of drug-likeness (QED) is 0.853. The lowest BCUT2D eigenvalue weighted by Crippen LogP contribution is -2.51. The van der Waals surface area contributed by atoms with Gasteiger partial charge in [0, 0.05) is 44.4 Å². The van der Waals surface area contributed by atoms with Gasteiger partial charge in [0.25, 0.3) is 0 Å². The van der Waals surface area contributed by atoms with Crippen LogP contribution in [0.3, 0.4) is 0 Å². The summed E-state index contributed by atoms with van der Waals surface area (Å²) in [6.45, 7) is 5.63. The number of aromatic nitrogens is 2. The first-order chi connectivity index (χ1) is 12.6. The molecule has 2 saturated heterocycles. The van der Waals surface area contributed by atoms with Crippen molar-refractivity contribution < 1.29 is 4.79 Å². The van der Waals surface area contributed by atoms with Crippen molar-refractivity contribution in [3.8, 4) is 0 Å². The van der Waals surface area contributed by atoms with E-state index in [2.05, 4.69) is 38.0 Å². The van der Waals surface area contributed by atoms with E-state index in [0.29, 0.717) is 12.3 Å². The molecule has 1 spiro atoms. The van der Waals surface area contributed by atoms with Crippen LogP contribution in [0, 0.1) is 12.3 Å². The summed E-state index contributed by atoms with van der Waals surface area (Å²) < 4.78 is 0. The van der Waals surface area contributed by atoms with E-state index < -0.39 is 0 Å². The van der Waals surface area contributed by atoms with Gasteiger partial charge in [-0.05, 0) is 37.2 Å². The number of rotatable bonds is 3. The van der Waals surface area contributed by atoms with Crippen molar-refractivity contribution in [3.05, 3.63) is 54.0 Å². The SMILES string of the molecule is Cc1cc(N2CCC3(CCC(=O)N(Cc4ccccc4)C3)CC2)ncn1. The second-order valence-electron chi connectivity index (χ2n) is 7.74. The third-order valence-corrected chi connectivity index (χ3v) is 5.90. The fraction of sp³-hybridized carbons (Fsp3) is 0.476. The molecule has 26 heavy (non-hydrogen) atoms. The Balaban J connectivity index is 1.42. The second kappa shape index (κ2) is 7.06. The van der Waals surface area contributed by atoms with Gasteiger partial charge in [-0.2, -0.15) is 0 Å². The highest BCUT2D eigenvalue weighted by atomic mass is 16.2. The smallest absolute Gasteiger partial charge is 0.222 e. The topological polar surface area (TPSA) is 49.3 Å². The molecule has 4 rings (SSSR count). The third-order valence-electron chi connectivity index (χ3n) is 5.90. The van der Waals surface area contributed by atoms with Crippen LogP contribution in [0.1, 0.15) is 36.9 Å². The highest BCUT2D eigenvalue weighted by Gasteiger charge is 2.41. The minimum atomic E-state index is 0.265. The Morgan fingerprint density at radius 2 is 1.85 bits per heavy atom. The number of piperidine rings is 2. The summed E-state index contributed by atoms with van der Waals surface area (Å²) >= 11 is 0. The normalized spacial score (nSPS) is 19.8. The van der Waals surface area contributed by atoms with E-state index in [1.807, 2.05) is 25.1 Å². The standard InChI is InChI=1S/C21H26N4O/c1-17-13-19(23-16-22-17)24-11-9-21(10-12-24)8-7-20(26)25(15-21)14-18-5-3-2-4-6-18/h2-6,13,16H,7-12,14-15H2,1H3. The van der Waals surface area contributed by atoms with Gasteiger partial charge in [-0.25, -0.2) is 9.97 Å². The highest BCUT2D eigenvalue weighted by Crippen LogP contribution is 2.41. The number of amides is 1. The van der Waals surface area contributed by atoms with E-state index in [0.717, 1.165) is 57.0 Å². The van der Waals surface area contributed by atoms with Crippen molar-refractivity contribution in [3.63, 3.8) is 0 Å². The van der Waals surface area contributed by atoms with Crippen LogP contribution in [0.4, 0.5) is 5.82 Å². The van der Waals surface area contributed by atoms with Crippen molar-refractivity contribution >= 4 is 11.7 Å². The molecule has 0 saturated carbocycles. The summed E-state index contributed by atoms with van der Waals surface area (Å²) in [7, 11) is 0. The molecule has 0 aliphatic carbocycles. The van der Waals surface area contributed by atoms with E-state index >= 15 is 0 Å². The van der Waals surface area contributed by atoms with Gasteiger partial charge in [-0.3, -0.25) is 4.79 Å². The molecule has 1 aromatic heterocycles. The van der Waals surface area contributed by atoms with Gasteiger partial charge in [0.1, 0.15) is 12.1 Å². The van der Waals surface area contributed by atoms with Crippen LogP contribution in [0.5, 0.6) is 0 Å². The molecule has 0 atom stereocenters. The van der Waals surface area contributed by atoms with E-state index in [1.54, 1.807) is 6.33 Å². The van der Waals surface area contributed by atoms with Gasteiger partial charge in [-0.1, -0.05) is 30.3 Å². The molecule has 0 N–H and O–H groups in total. The lowest BCUT2D eigenvalue weighted by molar-refractivity contribution is -0.139. The summed E-state index contributed by atoms with van der Waals surface area (Å²) in [6, 6.07) is 12.4. The molecule has 1 amide bonds. The maximum atomic E-state index is 12.4. The summed E-state index contributed by atoms with van der Waals surface area (Å²) in [5, 5.41) is 0. The Morgan fingerprint density at radius 3 is 2.58 bits per heavy atom. The van der Waals surface area contributed by atoms with E-state index in [4.69, 9.17) is 0 Å². The van der Waals surface area contributed by atoms with Gasteiger partial charge >= 0.3 is 0 Å². The minimum Gasteiger partial charge on any atom is -0.356 e. The summed E-state index contributed by atoms with van der Waals surface area (Å²) in [6.07, 6.45) is 5.59. The first-order valence-corrected chi connectivity index (χ1v) is 9.49. The van der Waals surface area contributed by atoms with E-state index in [1.165, 1.54) is 5.56 Å². The maximum absolute atomic E-state index is 12.4. The number of likely N-dealkylation sites (tertiary alicyclic amines) is 1. The molecular formula is C21H26N4O. The van der Waals surface area contributed by atoms with Crippen LogP contribution in [-0.4, -0.2) is 40.4 Å². The van der Waals surface area contributed by atoms with Crippen LogP contribution in [-0.2, 0) is 11.3 Å². The van der Waals surface area contributed by atoms with Crippen molar-refractivity contribution in [2.75, 3.05) is 24.5 Å². The van der Waals surface area contributed by atoms with Crippen LogP contribution >= 0.6 is 0 Å². The molecule has 2 aliphatic heterocycles. The predicted molar refractivity (Wildman–Crippen MR) is 102 cm³/mol. The van der Waals surface area contributed by atoms with Gasteiger partial charge in [0.2, 0.25) is 5.91 Å². The molecule has 2 fully saturated rings. The number of hydrogen-bond donors (Lipinski definition) is 0. The van der Waals surface area contributed by atoms with Gasteiger partial charge < -0.3 is 9.80 Å². The maximum Gasteiger partial charge on any atom is 0.222 e. The molecule has 1 aromatic carbocycles. The predicted octanol–water partition coefficient (Wildman–Crippen LogP) is 3.19. The zero-order chi connectivity index (χ0) is 18.0. The Labute approximate surface area is 155 Å². The Bertz CT molecular complexity index is 769. The Morgan fingerprint density at radius 1 is 1.08 bits per heavy atom. The number of benzene rings is 1. The fourth-order valence-corrected chi connectivity index (χ4v) is 4.28. The van der Waals surface area contributed by atoms with Gasteiger partial charge in [-0.15, -0.1) is 0 Å². The number of hydrogen-bond acceptors (Lipinski definition) is 4. The van der Waals surface area contributed by atoms with Crippen LogP contribution in [0.25, 0.3) is 0 Å². The molecule has 3 heterocycles. The van der Waals surface area contributed by atoms with Gasteiger partial charge in [0.05, 0.1) is 0 Å². The van der Waals surface area contributed by atoms with Crippen LogP contribution in [0.15, 0.2) is 42.7 Å². The molecule has 2 aliphatic rings.